The highest BCUT2D eigenvalue weighted by Gasteiger charge is 2.31. The highest BCUT2D eigenvalue weighted by atomic mass is 16.1. The number of amides is 1. The lowest BCUT2D eigenvalue weighted by Crippen LogP contribution is -2.34. The van der Waals surface area contributed by atoms with Crippen LogP contribution >= 0.6 is 0 Å². The van der Waals surface area contributed by atoms with Crippen molar-refractivity contribution in [1.29, 1.82) is 0 Å². The van der Waals surface area contributed by atoms with Crippen molar-refractivity contribution in [2.45, 2.75) is 20.3 Å². The van der Waals surface area contributed by atoms with Crippen molar-refractivity contribution >= 4 is 5.91 Å². The first-order chi connectivity index (χ1) is 5.63. The van der Waals surface area contributed by atoms with E-state index in [1.165, 1.54) is 0 Å². The van der Waals surface area contributed by atoms with Crippen molar-refractivity contribution in [2.24, 2.45) is 23.5 Å². The number of rotatable bonds is 3. The van der Waals surface area contributed by atoms with E-state index in [0.29, 0.717) is 11.8 Å². The van der Waals surface area contributed by atoms with Crippen molar-refractivity contribution in [3.8, 4) is 0 Å². The summed E-state index contributed by atoms with van der Waals surface area (Å²) in [5.41, 5.74) is 5.35. The first kappa shape index (κ1) is 9.52. The normalized spacial score (nSPS) is 26.1. The van der Waals surface area contributed by atoms with Crippen molar-refractivity contribution in [3.05, 3.63) is 0 Å². The molecule has 0 bridgehead atoms. The standard InChI is InChI=1S/C9H18N2O/c1-6(2)8(9(10)12)7-3-4-11-5-7/h6-8,11H,3-5H2,1-2H3,(H2,10,12)/t7-,8?/m1/s1. The number of carbonyl (C=O) groups excluding carboxylic acids is 1. The lowest BCUT2D eigenvalue weighted by Gasteiger charge is -2.22. The summed E-state index contributed by atoms with van der Waals surface area (Å²) < 4.78 is 0. The fourth-order valence-corrected chi connectivity index (χ4v) is 2.09. The Labute approximate surface area is 73.7 Å². The van der Waals surface area contributed by atoms with Gasteiger partial charge in [0, 0.05) is 5.92 Å². The van der Waals surface area contributed by atoms with Crippen LogP contribution in [0.25, 0.3) is 0 Å². The van der Waals surface area contributed by atoms with E-state index in [2.05, 4.69) is 19.2 Å². The predicted octanol–water partition coefficient (Wildman–Crippen LogP) is 0.353. The number of carbonyl (C=O) groups is 1. The zero-order chi connectivity index (χ0) is 9.14. The molecule has 1 rings (SSSR count). The molecule has 1 unspecified atom stereocenters. The van der Waals surface area contributed by atoms with Gasteiger partial charge in [0.15, 0.2) is 0 Å². The van der Waals surface area contributed by atoms with Crippen LogP contribution < -0.4 is 11.1 Å². The Morgan fingerprint density at radius 3 is 2.58 bits per heavy atom. The third kappa shape index (κ3) is 1.97. The quantitative estimate of drug-likeness (QED) is 0.642. The highest BCUT2D eigenvalue weighted by molar-refractivity contribution is 5.77. The van der Waals surface area contributed by atoms with E-state index in [1.807, 2.05) is 0 Å². The fraction of sp³-hybridized carbons (Fsp3) is 0.889. The summed E-state index contributed by atoms with van der Waals surface area (Å²) in [6.45, 7) is 6.11. The second-order valence-corrected chi connectivity index (χ2v) is 3.93. The summed E-state index contributed by atoms with van der Waals surface area (Å²) >= 11 is 0. The number of primary amides is 1. The molecule has 0 spiro atoms. The third-order valence-electron chi connectivity index (χ3n) is 2.65. The van der Waals surface area contributed by atoms with Gasteiger partial charge in [0.05, 0.1) is 0 Å². The van der Waals surface area contributed by atoms with Crippen LogP contribution in [-0.2, 0) is 4.79 Å². The molecule has 70 valence electrons. The lowest BCUT2D eigenvalue weighted by atomic mass is 9.82. The molecule has 3 N–H and O–H groups in total. The minimum Gasteiger partial charge on any atom is -0.369 e. The second-order valence-electron chi connectivity index (χ2n) is 3.93. The van der Waals surface area contributed by atoms with Gasteiger partial charge in [-0.15, -0.1) is 0 Å². The Balaban J connectivity index is 2.58. The largest absolute Gasteiger partial charge is 0.369 e. The number of hydrogen-bond donors (Lipinski definition) is 2. The molecule has 0 aliphatic carbocycles. The molecular weight excluding hydrogens is 152 g/mol. The monoisotopic (exact) mass is 170 g/mol. The van der Waals surface area contributed by atoms with Crippen LogP contribution in [-0.4, -0.2) is 19.0 Å². The van der Waals surface area contributed by atoms with Crippen molar-refractivity contribution in [1.82, 2.24) is 5.32 Å². The molecule has 12 heavy (non-hydrogen) atoms. The summed E-state index contributed by atoms with van der Waals surface area (Å²) in [5, 5.41) is 3.25. The molecule has 0 saturated carbocycles. The molecule has 0 aromatic carbocycles. The first-order valence-electron chi connectivity index (χ1n) is 4.63. The second kappa shape index (κ2) is 3.90. The molecule has 3 heteroatoms. The maximum Gasteiger partial charge on any atom is 0.221 e. The Kier molecular flexibility index (Phi) is 3.09. The number of nitrogens with one attached hydrogen (secondary N) is 1. The van der Waals surface area contributed by atoms with E-state index in [4.69, 9.17) is 5.73 Å². The Morgan fingerprint density at radius 1 is 1.58 bits per heavy atom. The summed E-state index contributed by atoms with van der Waals surface area (Å²) in [5.74, 6) is 0.744. The summed E-state index contributed by atoms with van der Waals surface area (Å²) in [6.07, 6.45) is 1.09. The number of nitrogens with two attached hydrogens (primary N) is 1. The molecule has 1 saturated heterocycles. The van der Waals surface area contributed by atoms with E-state index < -0.39 is 0 Å². The van der Waals surface area contributed by atoms with Gasteiger partial charge in [-0.05, 0) is 31.3 Å². The van der Waals surface area contributed by atoms with Gasteiger partial charge in [-0.3, -0.25) is 4.79 Å². The van der Waals surface area contributed by atoms with Crippen LogP contribution in [0.4, 0.5) is 0 Å². The van der Waals surface area contributed by atoms with Gasteiger partial charge < -0.3 is 11.1 Å². The van der Waals surface area contributed by atoms with E-state index in [-0.39, 0.29) is 11.8 Å². The third-order valence-corrected chi connectivity index (χ3v) is 2.65. The molecule has 0 radical (unpaired) electrons. The van der Waals surface area contributed by atoms with Gasteiger partial charge in [0.2, 0.25) is 5.91 Å². The van der Waals surface area contributed by atoms with Crippen LogP contribution in [0, 0.1) is 17.8 Å². The predicted molar refractivity (Wildman–Crippen MR) is 48.5 cm³/mol. The average molecular weight is 170 g/mol. The SMILES string of the molecule is CC(C)C(C(N)=O)[C@@H]1CCNC1. The van der Waals surface area contributed by atoms with Crippen LogP contribution in [0.15, 0.2) is 0 Å². The average Bonchev–Trinajstić information content (AvgIpc) is 2.37. The molecule has 3 nitrogen and oxygen atoms in total. The van der Waals surface area contributed by atoms with E-state index in [9.17, 15) is 4.79 Å². The maximum atomic E-state index is 11.1. The van der Waals surface area contributed by atoms with E-state index >= 15 is 0 Å². The fourth-order valence-electron chi connectivity index (χ4n) is 2.09. The van der Waals surface area contributed by atoms with Gasteiger partial charge in [0.25, 0.3) is 0 Å². The Bertz CT molecular complexity index is 162. The summed E-state index contributed by atoms with van der Waals surface area (Å²) in [7, 11) is 0. The van der Waals surface area contributed by atoms with Gasteiger partial charge in [-0.1, -0.05) is 13.8 Å². The summed E-state index contributed by atoms with van der Waals surface area (Å²) in [4.78, 5) is 11.1. The van der Waals surface area contributed by atoms with Crippen LogP contribution in [0.5, 0.6) is 0 Å². The van der Waals surface area contributed by atoms with Gasteiger partial charge >= 0.3 is 0 Å². The van der Waals surface area contributed by atoms with E-state index in [1.54, 1.807) is 0 Å². The molecule has 2 atom stereocenters. The first-order valence-corrected chi connectivity index (χ1v) is 4.63. The molecule has 1 aliphatic heterocycles. The molecule has 1 heterocycles. The molecule has 0 aromatic rings. The summed E-state index contributed by atoms with van der Waals surface area (Å²) in [6, 6.07) is 0. The Hall–Kier alpha value is -0.570. The molecule has 0 aromatic heterocycles. The minimum absolute atomic E-state index is 0.0556. The van der Waals surface area contributed by atoms with Crippen molar-refractivity contribution in [2.75, 3.05) is 13.1 Å². The molecule has 1 aliphatic rings. The van der Waals surface area contributed by atoms with Crippen LogP contribution in [0.3, 0.4) is 0 Å². The topological polar surface area (TPSA) is 55.1 Å². The molecular formula is C9H18N2O. The van der Waals surface area contributed by atoms with Gasteiger partial charge in [-0.2, -0.15) is 0 Å². The van der Waals surface area contributed by atoms with Gasteiger partial charge in [-0.25, -0.2) is 0 Å². The molecule has 1 fully saturated rings. The maximum absolute atomic E-state index is 11.1. The minimum atomic E-state index is -0.140. The van der Waals surface area contributed by atoms with Crippen LogP contribution in [0.2, 0.25) is 0 Å². The number of hydrogen-bond acceptors (Lipinski definition) is 2. The van der Waals surface area contributed by atoms with Crippen molar-refractivity contribution < 1.29 is 4.79 Å². The molecule has 1 amide bonds. The smallest absolute Gasteiger partial charge is 0.221 e. The van der Waals surface area contributed by atoms with Crippen molar-refractivity contribution in [3.63, 3.8) is 0 Å². The zero-order valence-corrected chi connectivity index (χ0v) is 7.84. The Morgan fingerprint density at radius 2 is 2.25 bits per heavy atom. The van der Waals surface area contributed by atoms with Gasteiger partial charge in [0.1, 0.15) is 0 Å². The van der Waals surface area contributed by atoms with Crippen LogP contribution in [0.1, 0.15) is 20.3 Å². The lowest BCUT2D eigenvalue weighted by molar-refractivity contribution is -0.124. The highest BCUT2D eigenvalue weighted by Crippen LogP contribution is 2.25. The van der Waals surface area contributed by atoms with E-state index in [0.717, 1.165) is 19.5 Å². The zero-order valence-electron chi connectivity index (χ0n) is 7.84.